The third kappa shape index (κ3) is 5.17. The third-order valence-electron chi connectivity index (χ3n) is 4.48. The van der Waals surface area contributed by atoms with Crippen LogP contribution in [-0.2, 0) is 4.79 Å². The molecule has 6 nitrogen and oxygen atoms in total. The van der Waals surface area contributed by atoms with Gasteiger partial charge in [0, 0.05) is 41.7 Å². The second-order valence-electron chi connectivity index (χ2n) is 7.12. The fourth-order valence-electron chi connectivity index (χ4n) is 2.95. The van der Waals surface area contributed by atoms with Crippen molar-refractivity contribution in [2.45, 2.75) is 13.0 Å². The average molecular weight is 433 g/mol. The lowest BCUT2D eigenvalue weighted by atomic mass is 10.0. The van der Waals surface area contributed by atoms with Crippen molar-refractivity contribution in [3.63, 3.8) is 0 Å². The molecule has 158 valence electrons. The topological polar surface area (TPSA) is 71.8 Å². The molecule has 0 unspecified atom stereocenters. The van der Waals surface area contributed by atoms with Gasteiger partial charge in [-0.25, -0.2) is 9.18 Å². The molecular formula is C22H22ClFN2O4. The Morgan fingerprint density at radius 1 is 1.20 bits per heavy atom. The molecule has 0 aliphatic carbocycles. The van der Waals surface area contributed by atoms with E-state index in [2.05, 4.69) is 5.32 Å². The van der Waals surface area contributed by atoms with Crippen molar-refractivity contribution in [1.82, 2.24) is 10.2 Å². The van der Waals surface area contributed by atoms with Crippen LogP contribution in [0.4, 0.5) is 4.39 Å². The predicted octanol–water partition coefficient (Wildman–Crippen LogP) is 3.70. The smallest absolute Gasteiger partial charge is 0.336 e. The van der Waals surface area contributed by atoms with Gasteiger partial charge in [-0.3, -0.25) is 4.79 Å². The fourth-order valence-corrected chi connectivity index (χ4v) is 3.22. The molecule has 0 aliphatic heterocycles. The van der Waals surface area contributed by atoms with E-state index in [0.717, 1.165) is 0 Å². The standard InChI is InChI=1S/C22H22ClFN2O4/c1-13(22(28)25-8-9-26(2)3)29-15-5-7-17-18(12-21(27)30-20(17)11-15)16-6-4-14(24)10-19(16)23/h4-7,10-13H,8-9H2,1-3H3,(H,25,28)/t13-/m1/s1. The molecule has 0 spiro atoms. The maximum Gasteiger partial charge on any atom is 0.336 e. The van der Waals surface area contributed by atoms with E-state index in [1.165, 1.54) is 24.3 Å². The van der Waals surface area contributed by atoms with Crippen LogP contribution in [0.3, 0.4) is 0 Å². The molecule has 1 aromatic heterocycles. The van der Waals surface area contributed by atoms with Gasteiger partial charge in [0.15, 0.2) is 6.10 Å². The van der Waals surface area contributed by atoms with Crippen LogP contribution in [0.25, 0.3) is 22.1 Å². The molecule has 0 saturated heterocycles. The number of halogens is 2. The molecule has 3 aromatic rings. The zero-order valence-corrected chi connectivity index (χ0v) is 17.6. The van der Waals surface area contributed by atoms with Crippen LogP contribution in [0, 0.1) is 5.82 Å². The Kier molecular flexibility index (Phi) is 6.74. The van der Waals surface area contributed by atoms with Crippen molar-refractivity contribution < 1.29 is 18.3 Å². The minimum atomic E-state index is -0.731. The number of hydrogen-bond acceptors (Lipinski definition) is 5. The van der Waals surface area contributed by atoms with Gasteiger partial charge in [-0.2, -0.15) is 0 Å². The summed E-state index contributed by atoms with van der Waals surface area (Å²) in [6.07, 6.45) is -0.731. The Labute approximate surface area is 178 Å². The van der Waals surface area contributed by atoms with Gasteiger partial charge >= 0.3 is 5.63 Å². The van der Waals surface area contributed by atoms with Crippen molar-refractivity contribution >= 4 is 28.5 Å². The van der Waals surface area contributed by atoms with E-state index in [4.69, 9.17) is 20.8 Å². The largest absolute Gasteiger partial charge is 0.481 e. The van der Waals surface area contributed by atoms with Crippen molar-refractivity contribution in [1.29, 1.82) is 0 Å². The first kappa shape index (κ1) is 21.8. The van der Waals surface area contributed by atoms with Gasteiger partial charge < -0.3 is 19.4 Å². The van der Waals surface area contributed by atoms with Gasteiger partial charge in [0.1, 0.15) is 17.1 Å². The van der Waals surface area contributed by atoms with Gasteiger partial charge in [-0.05, 0) is 51.4 Å². The number of likely N-dealkylation sites (N-methyl/N-ethyl adjacent to an activating group) is 1. The number of ether oxygens (including phenoxy) is 1. The molecule has 8 heteroatoms. The van der Waals surface area contributed by atoms with Crippen LogP contribution in [0.5, 0.6) is 5.75 Å². The summed E-state index contributed by atoms with van der Waals surface area (Å²) >= 11 is 6.17. The first-order chi connectivity index (χ1) is 14.2. The van der Waals surface area contributed by atoms with Crippen LogP contribution < -0.4 is 15.7 Å². The minimum absolute atomic E-state index is 0.185. The van der Waals surface area contributed by atoms with Crippen molar-refractivity contribution in [2.24, 2.45) is 0 Å². The van der Waals surface area contributed by atoms with Crippen molar-refractivity contribution in [2.75, 3.05) is 27.2 Å². The summed E-state index contributed by atoms with van der Waals surface area (Å²) in [5.41, 5.74) is 0.727. The molecule has 2 aromatic carbocycles. The Morgan fingerprint density at radius 3 is 2.67 bits per heavy atom. The van der Waals surface area contributed by atoms with E-state index in [1.54, 1.807) is 25.1 Å². The number of nitrogens with one attached hydrogen (secondary N) is 1. The Morgan fingerprint density at radius 2 is 1.97 bits per heavy atom. The number of rotatable bonds is 7. The average Bonchev–Trinajstić information content (AvgIpc) is 2.66. The Hall–Kier alpha value is -2.90. The van der Waals surface area contributed by atoms with E-state index in [0.29, 0.717) is 35.4 Å². The predicted molar refractivity (Wildman–Crippen MR) is 115 cm³/mol. The van der Waals surface area contributed by atoms with Crippen LogP contribution in [0.15, 0.2) is 51.7 Å². The monoisotopic (exact) mass is 432 g/mol. The second-order valence-corrected chi connectivity index (χ2v) is 7.52. The van der Waals surface area contributed by atoms with Crippen molar-refractivity contribution in [3.05, 3.63) is 63.7 Å². The second kappa shape index (κ2) is 9.28. The number of amides is 1. The van der Waals surface area contributed by atoms with Crippen LogP contribution in [0.2, 0.25) is 5.02 Å². The number of nitrogens with zero attached hydrogens (tertiary/aromatic N) is 1. The van der Waals surface area contributed by atoms with Gasteiger partial charge in [0.25, 0.3) is 5.91 Å². The zero-order valence-electron chi connectivity index (χ0n) is 16.9. The quantitative estimate of drug-likeness (QED) is 0.576. The van der Waals surface area contributed by atoms with Gasteiger partial charge in [0.05, 0.1) is 5.02 Å². The molecule has 0 saturated carbocycles. The van der Waals surface area contributed by atoms with E-state index in [9.17, 15) is 14.0 Å². The zero-order chi connectivity index (χ0) is 21.8. The summed E-state index contributed by atoms with van der Waals surface area (Å²) in [5, 5.41) is 3.59. The number of carbonyl (C=O) groups is 1. The van der Waals surface area contributed by atoms with Gasteiger partial charge in [-0.15, -0.1) is 0 Å². The summed E-state index contributed by atoms with van der Waals surface area (Å²) in [7, 11) is 3.84. The molecule has 0 bridgehead atoms. The van der Waals surface area contributed by atoms with Crippen LogP contribution >= 0.6 is 11.6 Å². The van der Waals surface area contributed by atoms with Crippen LogP contribution in [-0.4, -0.2) is 44.1 Å². The SMILES string of the molecule is C[C@@H](Oc1ccc2c(-c3ccc(F)cc3Cl)cc(=O)oc2c1)C(=O)NCCN(C)C. The summed E-state index contributed by atoms with van der Waals surface area (Å²) < 4.78 is 24.4. The normalized spacial score (nSPS) is 12.2. The maximum atomic E-state index is 13.4. The fraction of sp³-hybridized carbons (Fsp3) is 0.273. The van der Waals surface area contributed by atoms with E-state index < -0.39 is 17.5 Å². The summed E-state index contributed by atoms with van der Waals surface area (Å²) in [5.74, 6) is -0.335. The Bertz CT molecular complexity index is 1130. The lowest BCUT2D eigenvalue weighted by Crippen LogP contribution is -2.39. The molecule has 30 heavy (non-hydrogen) atoms. The van der Waals surface area contributed by atoms with Gasteiger partial charge in [0.2, 0.25) is 0 Å². The molecule has 1 atom stereocenters. The molecule has 1 N–H and O–H groups in total. The molecule has 0 aliphatic rings. The summed E-state index contributed by atoms with van der Waals surface area (Å²) in [6.45, 7) is 2.86. The molecule has 1 amide bonds. The highest BCUT2D eigenvalue weighted by atomic mass is 35.5. The highest BCUT2D eigenvalue weighted by Gasteiger charge is 2.16. The maximum absolute atomic E-state index is 13.4. The first-order valence-electron chi connectivity index (χ1n) is 9.37. The molecule has 0 fully saturated rings. The molecule has 1 heterocycles. The lowest BCUT2D eigenvalue weighted by Gasteiger charge is -2.16. The Balaban J connectivity index is 1.86. The lowest BCUT2D eigenvalue weighted by molar-refractivity contribution is -0.127. The molecule has 3 rings (SSSR count). The van der Waals surface area contributed by atoms with E-state index in [-0.39, 0.29) is 16.5 Å². The van der Waals surface area contributed by atoms with E-state index in [1.807, 2.05) is 19.0 Å². The third-order valence-corrected chi connectivity index (χ3v) is 4.79. The van der Waals surface area contributed by atoms with Crippen molar-refractivity contribution in [3.8, 4) is 16.9 Å². The number of carbonyl (C=O) groups excluding carboxylic acids is 1. The summed E-state index contributed by atoms with van der Waals surface area (Å²) in [4.78, 5) is 26.2. The van der Waals surface area contributed by atoms with Crippen LogP contribution in [0.1, 0.15) is 6.92 Å². The van der Waals surface area contributed by atoms with Gasteiger partial charge in [-0.1, -0.05) is 11.6 Å². The molecule has 0 radical (unpaired) electrons. The highest BCUT2D eigenvalue weighted by Crippen LogP contribution is 2.34. The highest BCUT2D eigenvalue weighted by molar-refractivity contribution is 6.33. The first-order valence-corrected chi connectivity index (χ1v) is 9.75. The molecular weight excluding hydrogens is 411 g/mol. The summed E-state index contributed by atoms with van der Waals surface area (Å²) in [6, 6.07) is 10.2. The van der Waals surface area contributed by atoms with E-state index >= 15 is 0 Å². The number of fused-ring (bicyclic) bond motifs is 1. The number of hydrogen-bond donors (Lipinski definition) is 1. The minimum Gasteiger partial charge on any atom is -0.481 e. The number of benzene rings is 2.